The number of amides is 1. The molecule has 1 heterocycles. The highest BCUT2D eigenvalue weighted by Gasteiger charge is 2.24. The van der Waals surface area contributed by atoms with Gasteiger partial charge in [0.1, 0.15) is 5.82 Å². The molecular formula is C24H27FN2O. The summed E-state index contributed by atoms with van der Waals surface area (Å²) in [5.74, 6) is -0.729. The molecule has 28 heavy (non-hydrogen) atoms. The minimum absolute atomic E-state index is 0.292. The fourth-order valence-corrected chi connectivity index (χ4v) is 3.82. The largest absolute Gasteiger partial charge is 0.366 e. The molecule has 4 heteroatoms. The summed E-state index contributed by atoms with van der Waals surface area (Å²) in [6.07, 6.45) is 3.79. The Morgan fingerprint density at radius 1 is 1.04 bits per heavy atom. The molecule has 0 atom stereocenters. The number of halogens is 1. The van der Waals surface area contributed by atoms with E-state index in [0.717, 1.165) is 54.7 Å². The molecule has 0 aliphatic heterocycles. The number of nitrogens with two attached hydrogens (primary N) is 1. The summed E-state index contributed by atoms with van der Waals surface area (Å²) in [7, 11) is 0. The lowest BCUT2D eigenvalue weighted by molar-refractivity contribution is 0.1000. The Balaban J connectivity index is 2.10. The van der Waals surface area contributed by atoms with Gasteiger partial charge in [0.2, 0.25) is 0 Å². The van der Waals surface area contributed by atoms with Crippen molar-refractivity contribution in [2.75, 3.05) is 0 Å². The number of nitrogens with zero attached hydrogens (tertiary/aromatic N) is 1. The summed E-state index contributed by atoms with van der Waals surface area (Å²) < 4.78 is 15.7. The maximum Gasteiger partial charge on any atom is 0.251 e. The van der Waals surface area contributed by atoms with Gasteiger partial charge in [0.25, 0.3) is 5.91 Å². The summed E-state index contributed by atoms with van der Waals surface area (Å²) in [6.45, 7) is 4.88. The number of carbonyl (C=O) groups excluding carboxylic acids is 1. The summed E-state index contributed by atoms with van der Waals surface area (Å²) in [5.41, 5.74) is 11.3. The SMILES string of the molecule is CCCCc1c(-c2ccc(F)cc2)c(C(N)=O)c(C)n1CCc1ccccc1. The summed E-state index contributed by atoms with van der Waals surface area (Å²) >= 11 is 0. The Labute approximate surface area is 166 Å². The van der Waals surface area contributed by atoms with E-state index in [1.165, 1.54) is 17.7 Å². The van der Waals surface area contributed by atoms with Crippen LogP contribution in [-0.2, 0) is 19.4 Å². The number of aryl methyl sites for hydroxylation is 1. The van der Waals surface area contributed by atoms with E-state index in [9.17, 15) is 9.18 Å². The molecule has 2 N–H and O–H groups in total. The van der Waals surface area contributed by atoms with Gasteiger partial charge in [-0.15, -0.1) is 0 Å². The monoisotopic (exact) mass is 378 g/mol. The van der Waals surface area contributed by atoms with Gasteiger partial charge in [0, 0.05) is 23.5 Å². The molecule has 0 aliphatic carbocycles. The molecule has 0 aliphatic rings. The Morgan fingerprint density at radius 3 is 2.32 bits per heavy atom. The third-order valence-corrected chi connectivity index (χ3v) is 5.24. The van der Waals surface area contributed by atoms with E-state index in [1.807, 2.05) is 25.1 Å². The average Bonchev–Trinajstić information content (AvgIpc) is 2.97. The van der Waals surface area contributed by atoms with Crippen molar-refractivity contribution in [3.05, 3.63) is 82.9 Å². The molecule has 3 rings (SSSR count). The molecule has 0 radical (unpaired) electrons. The van der Waals surface area contributed by atoms with Crippen LogP contribution in [0.25, 0.3) is 11.1 Å². The first-order valence-electron chi connectivity index (χ1n) is 9.84. The highest BCUT2D eigenvalue weighted by atomic mass is 19.1. The van der Waals surface area contributed by atoms with E-state index in [0.29, 0.717) is 5.56 Å². The van der Waals surface area contributed by atoms with Gasteiger partial charge in [-0.25, -0.2) is 4.39 Å². The van der Waals surface area contributed by atoms with Crippen LogP contribution in [0.3, 0.4) is 0 Å². The molecule has 3 nitrogen and oxygen atoms in total. The Morgan fingerprint density at radius 2 is 1.71 bits per heavy atom. The molecule has 146 valence electrons. The van der Waals surface area contributed by atoms with E-state index in [1.54, 1.807) is 12.1 Å². The van der Waals surface area contributed by atoms with Crippen LogP contribution in [0, 0.1) is 12.7 Å². The first-order chi connectivity index (χ1) is 13.5. The molecule has 2 aromatic carbocycles. The zero-order chi connectivity index (χ0) is 20.1. The predicted molar refractivity (Wildman–Crippen MR) is 112 cm³/mol. The lowest BCUT2D eigenvalue weighted by Gasteiger charge is -2.13. The van der Waals surface area contributed by atoms with Gasteiger partial charge >= 0.3 is 0 Å². The van der Waals surface area contributed by atoms with Crippen molar-refractivity contribution in [2.45, 2.75) is 46.1 Å². The zero-order valence-electron chi connectivity index (χ0n) is 16.5. The number of rotatable bonds is 8. The lowest BCUT2D eigenvalue weighted by atomic mass is 9.97. The van der Waals surface area contributed by atoms with Crippen LogP contribution in [0.5, 0.6) is 0 Å². The van der Waals surface area contributed by atoms with Gasteiger partial charge in [-0.1, -0.05) is 55.8 Å². The van der Waals surface area contributed by atoms with Crippen LogP contribution < -0.4 is 5.73 Å². The van der Waals surface area contributed by atoms with E-state index in [2.05, 4.69) is 23.6 Å². The Kier molecular flexibility index (Phi) is 6.30. The van der Waals surface area contributed by atoms with Crippen molar-refractivity contribution in [2.24, 2.45) is 5.73 Å². The van der Waals surface area contributed by atoms with Crippen LogP contribution in [0.15, 0.2) is 54.6 Å². The number of hydrogen-bond donors (Lipinski definition) is 1. The molecule has 0 saturated heterocycles. The molecule has 3 aromatic rings. The lowest BCUT2D eigenvalue weighted by Crippen LogP contribution is -2.14. The minimum atomic E-state index is -0.437. The molecule has 0 spiro atoms. The summed E-state index contributed by atoms with van der Waals surface area (Å²) in [5, 5.41) is 0. The Bertz CT molecular complexity index is 943. The van der Waals surface area contributed by atoms with E-state index >= 15 is 0 Å². The second kappa shape index (κ2) is 8.87. The fourth-order valence-electron chi connectivity index (χ4n) is 3.82. The topological polar surface area (TPSA) is 48.0 Å². The van der Waals surface area contributed by atoms with Gasteiger partial charge < -0.3 is 10.3 Å². The number of hydrogen-bond acceptors (Lipinski definition) is 1. The number of carbonyl (C=O) groups is 1. The third kappa shape index (κ3) is 4.16. The van der Waals surface area contributed by atoms with Gasteiger partial charge in [-0.3, -0.25) is 4.79 Å². The summed E-state index contributed by atoms with van der Waals surface area (Å²) in [4.78, 5) is 12.3. The highest BCUT2D eigenvalue weighted by molar-refractivity contribution is 6.02. The molecule has 0 unspecified atom stereocenters. The second-order valence-electron chi connectivity index (χ2n) is 7.14. The third-order valence-electron chi connectivity index (χ3n) is 5.24. The van der Waals surface area contributed by atoms with E-state index in [4.69, 9.17) is 5.73 Å². The number of benzene rings is 2. The number of unbranched alkanes of at least 4 members (excludes halogenated alkanes) is 1. The smallest absolute Gasteiger partial charge is 0.251 e. The molecule has 1 amide bonds. The normalized spacial score (nSPS) is 11.0. The quantitative estimate of drug-likeness (QED) is 0.569. The highest BCUT2D eigenvalue weighted by Crippen LogP contribution is 2.34. The van der Waals surface area contributed by atoms with Gasteiger partial charge in [-0.2, -0.15) is 0 Å². The maximum absolute atomic E-state index is 13.5. The van der Waals surface area contributed by atoms with E-state index in [-0.39, 0.29) is 5.82 Å². The van der Waals surface area contributed by atoms with Crippen molar-refractivity contribution in [3.8, 4) is 11.1 Å². The standard InChI is InChI=1S/C24H27FN2O/c1-3-4-10-21-23(19-11-13-20(25)14-12-19)22(24(26)28)17(2)27(21)16-15-18-8-6-5-7-9-18/h5-9,11-14H,3-4,10,15-16H2,1-2H3,(H2,26,28). The van der Waals surface area contributed by atoms with Crippen LogP contribution in [0.4, 0.5) is 4.39 Å². The molecule has 0 fully saturated rings. The van der Waals surface area contributed by atoms with Crippen molar-refractivity contribution in [1.82, 2.24) is 4.57 Å². The van der Waals surface area contributed by atoms with Crippen LogP contribution in [-0.4, -0.2) is 10.5 Å². The van der Waals surface area contributed by atoms with Crippen molar-refractivity contribution in [1.29, 1.82) is 0 Å². The Hall–Kier alpha value is -2.88. The number of aromatic nitrogens is 1. The first kappa shape index (κ1) is 19.9. The minimum Gasteiger partial charge on any atom is -0.366 e. The van der Waals surface area contributed by atoms with E-state index < -0.39 is 5.91 Å². The zero-order valence-corrected chi connectivity index (χ0v) is 16.5. The number of primary amides is 1. The summed E-state index contributed by atoms with van der Waals surface area (Å²) in [6, 6.07) is 16.6. The van der Waals surface area contributed by atoms with Crippen LogP contribution >= 0.6 is 0 Å². The van der Waals surface area contributed by atoms with Crippen molar-refractivity contribution >= 4 is 5.91 Å². The van der Waals surface area contributed by atoms with Crippen LogP contribution in [0.1, 0.15) is 47.1 Å². The predicted octanol–water partition coefficient (Wildman–Crippen LogP) is 5.29. The fraction of sp³-hybridized carbons (Fsp3) is 0.292. The van der Waals surface area contributed by atoms with Gasteiger partial charge in [0.05, 0.1) is 5.56 Å². The van der Waals surface area contributed by atoms with Gasteiger partial charge in [0.15, 0.2) is 0 Å². The molecule has 0 saturated carbocycles. The molecule has 1 aromatic heterocycles. The van der Waals surface area contributed by atoms with Crippen molar-refractivity contribution in [3.63, 3.8) is 0 Å². The second-order valence-corrected chi connectivity index (χ2v) is 7.14. The van der Waals surface area contributed by atoms with Crippen LogP contribution in [0.2, 0.25) is 0 Å². The van der Waals surface area contributed by atoms with Crippen molar-refractivity contribution < 1.29 is 9.18 Å². The molecular weight excluding hydrogens is 351 g/mol. The maximum atomic E-state index is 13.5. The average molecular weight is 378 g/mol. The molecule has 0 bridgehead atoms. The first-order valence-corrected chi connectivity index (χ1v) is 9.84. The van der Waals surface area contributed by atoms with Gasteiger partial charge in [-0.05, 0) is 49.4 Å².